The number of aryl methyl sites for hydroxylation is 3. The van der Waals surface area contributed by atoms with Gasteiger partial charge >= 0.3 is 18.1 Å². The molecule has 4 rings (SSSR count). The van der Waals surface area contributed by atoms with Crippen LogP contribution in [0, 0.1) is 44.4 Å². The molecule has 3 aromatic rings. The van der Waals surface area contributed by atoms with Crippen molar-refractivity contribution in [1.29, 1.82) is 0 Å². The first-order chi connectivity index (χ1) is 33.3. The Bertz CT molecular complexity index is 1820. The molecule has 0 aromatic heterocycles. The monoisotopic (exact) mass is 1060 g/mol. The van der Waals surface area contributed by atoms with Crippen molar-refractivity contribution in [1.82, 2.24) is 10.6 Å². The van der Waals surface area contributed by atoms with Crippen molar-refractivity contribution in [3.05, 3.63) is 101 Å². The number of alkyl halides is 3. The van der Waals surface area contributed by atoms with E-state index in [0.717, 1.165) is 36.2 Å². The number of esters is 2. The summed E-state index contributed by atoms with van der Waals surface area (Å²) in [7, 11) is 4.51. The van der Waals surface area contributed by atoms with Crippen LogP contribution in [0.2, 0.25) is 0 Å². The normalized spacial score (nSPS) is 14.0. The number of nitrogens with one attached hydrogen (secondary N) is 2. The van der Waals surface area contributed by atoms with Gasteiger partial charge in [-0.25, -0.2) is 9.59 Å². The molecule has 1 aliphatic carbocycles. The Hall–Kier alpha value is -6.19. The fourth-order valence-corrected chi connectivity index (χ4v) is 6.21. The molecule has 0 heterocycles. The molecule has 3 aromatic carbocycles. The zero-order valence-corrected chi connectivity index (χ0v) is 45.8. The Balaban J connectivity index is -0.000000135. The molecule has 0 radical (unpaired) electrons. The van der Waals surface area contributed by atoms with Crippen molar-refractivity contribution < 1.29 is 66.0 Å². The van der Waals surface area contributed by atoms with Crippen LogP contribution in [0.5, 0.6) is 11.5 Å². The Morgan fingerprint density at radius 3 is 1.42 bits per heavy atom. The number of carboxylic acids is 1. The fourth-order valence-electron chi connectivity index (χ4n) is 6.21. The lowest BCUT2D eigenvalue weighted by molar-refractivity contribution is -0.137. The standard InChI is InChI=1S/C22H21F3O5.C10H20.C9H12.2C3H7NO.2C2H4O2.2C2H6.3CH4/c1-2-28-20(26)13-6-16-4-9-19(10-5-16)30-21(27)17-7-11-18(12-8-17)29-15-3-14-22(23,24)25;1-5-10-8(3)6-7(2)9(10)4;1-7-4-8(2)6-9(3)5-7;2*1-3(5)4-2;1-4-2-3;1-2(3)4;2*1-2;;;/h4-13H,2-3,14-15H2,1H3;7-10H,5-6H2,1-4H3;4-6H,1-3H3;2*1-2H3,(H,4,5);2H,1H3;1H3,(H,3,4);2*1-2H3;3*1H4/b13-6+;;;;;;;;;;;. The van der Waals surface area contributed by atoms with E-state index in [1.165, 1.54) is 80.8 Å². The molecular weight excluding hydrogens is 958 g/mol. The van der Waals surface area contributed by atoms with Crippen LogP contribution in [-0.4, -0.2) is 81.9 Å². The van der Waals surface area contributed by atoms with Crippen molar-refractivity contribution in [2.75, 3.05) is 34.4 Å². The van der Waals surface area contributed by atoms with Crippen LogP contribution in [0.1, 0.15) is 164 Å². The third-order valence-corrected chi connectivity index (χ3v) is 9.44. The number of rotatable bonds is 11. The third kappa shape index (κ3) is 52.1. The molecule has 74 heavy (non-hydrogen) atoms. The Labute approximate surface area is 445 Å². The van der Waals surface area contributed by atoms with E-state index in [0.29, 0.717) is 24.6 Å². The Kier molecular flexibility index (Phi) is 60.7. The van der Waals surface area contributed by atoms with E-state index in [9.17, 15) is 32.3 Å². The molecule has 13 nitrogen and oxygen atoms in total. The summed E-state index contributed by atoms with van der Waals surface area (Å²) in [6, 6.07) is 19.0. The van der Waals surface area contributed by atoms with Crippen LogP contribution in [-0.2, 0) is 33.4 Å². The lowest BCUT2D eigenvalue weighted by atomic mass is 9.88. The number of benzene rings is 3. The number of hydrogen-bond acceptors (Lipinski definition) is 10. The second-order valence-electron chi connectivity index (χ2n) is 15.4. The molecule has 0 aliphatic heterocycles. The molecule has 1 fully saturated rings. The maximum atomic E-state index is 12.2. The molecule has 16 heteroatoms. The van der Waals surface area contributed by atoms with Gasteiger partial charge in [0.25, 0.3) is 12.4 Å². The van der Waals surface area contributed by atoms with Gasteiger partial charge in [0.2, 0.25) is 11.8 Å². The highest BCUT2D eigenvalue weighted by atomic mass is 19.4. The number of ether oxygens (including phenoxy) is 4. The summed E-state index contributed by atoms with van der Waals surface area (Å²) in [4.78, 5) is 60.8. The van der Waals surface area contributed by atoms with Gasteiger partial charge in [0.15, 0.2) is 0 Å². The largest absolute Gasteiger partial charge is 0.494 e. The average molecular weight is 1060 g/mol. The SMILES string of the molecule is C.C.C.CC.CC.CC(=O)O.CCC1C(C)CC(C)C1C.CCOC(=O)/C=C/c1ccc(OC(=O)c2ccc(OCCCC(F)(F)F)cc2)cc1.CNC(C)=O.CNC(C)=O.COC=O.Cc1cc(C)cc(C)c1. The zero-order valence-electron chi connectivity index (χ0n) is 45.8. The number of carbonyl (C=O) groups is 6. The minimum absolute atomic E-state index is 0. The van der Waals surface area contributed by atoms with E-state index in [2.05, 4.69) is 82.0 Å². The van der Waals surface area contributed by atoms with Gasteiger partial charge < -0.3 is 34.7 Å². The predicted octanol–water partition coefficient (Wildman–Crippen LogP) is 14.5. The van der Waals surface area contributed by atoms with Crippen LogP contribution in [0.3, 0.4) is 0 Å². The van der Waals surface area contributed by atoms with Crippen LogP contribution in [0.15, 0.2) is 72.8 Å². The molecule has 4 atom stereocenters. The van der Waals surface area contributed by atoms with Crippen LogP contribution in [0.4, 0.5) is 13.2 Å². The smallest absolute Gasteiger partial charge is 0.389 e. The van der Waals surface area contributed by atoms with Gasteiger partial charge in [-0.2, -0.15) is 13.2 Å². The zero-order chi connectivity index (χ0) is 56.1. The number of aliphatic carboxylic acids is 1. The molecule has 4 unspecified atom stereocenters. The van der Waals surface area contributed by atoms with Gasteiger partial charge in [0.1, 0.15) is 11.5 Å². The van der Waals surface area contributed by atoms with Crippen LogP contribution >= 0.6 is 0 Å². The molecule has 3 N–H and O–H groups in total. The maximum Gasteiger partial charge on any atom is 0.389 e. The summed E-state index contributed by atoms with van der Waals surface area (Å²) in [5.74, 6) is 2.77. The van der Waals surface area contributed by atoms with Gasteiger partial charge in [-0.3, -0.25) is 19.2 Å². The molecule has 0 spiro atoms. The second-order valence-corrected chi connectivity index (χ2v) is 15.4. The number of amides is 2. The highest BCUT2D eigenvalue weighted by Gasteiger charge is 2.34. The summed E-state index contributed by atoms with van der Waals surface area (Å²) in [5.41, 5.74) is 5.06. The molecule has 428 valence electrons. The quantitative estimate of drug-likeness (QED) is 0.0546. The molecule has 0 bridgehead atoms. The van der Waals surface area contributed by atoms with Crippen molar-refractivity contribution >= 4 is 42.3 Å². The van der Waals surface area contributed by atoms with Crippen molar-refractivity contribution in [3.8, 4) is 11.5 Å². The van der Waals surface area contributed by atoms with Gasteiger partial charge in [-0.05, 0) is 112 Å². The minimum atomic E-state index is -4.20. The van der Waals surface area contributed by atoms with Crippen molar-refractivity contribution in [2.45, 2.75) is 158 Å². The number of methoxy groups -OCH3 is 1. The highest BCUT2D eigenvalue weighted by molar-refractivity contribution is 5.91. The summed E-state index contributed by atoms with van der Waals surface area (Å²) < 4.78 is 55.4. The number of halogens is 3. The van der Waals surface area contributed by atoms with E-state index in [4.69, 9.17) is 28.9 Å². The molecule has 2 amide bonds. The average Bonchev–Trinajstić information content (AvgIpc) is 3.57. The van der Waals surface area contributed by atoms with Gasteiger partial charge in [0.05, 0.1) is 25.9 Å². The maximum absolute atomic E-state index is 12.2. The van der Waals surface area contributed by atoms with Crippen molar-refractivity contribution in [3.63, 3.8) is 0 Å². The van der Waals surface area contributed by atoms with E-state index in [1.54, 1.807) is 51.4 Å². The molecule has 1 saturated carbocycles. The van der Waals surface area contributed by atoms with Crippen LogP contribution < -0.4 is 20.1 Å². The topological polar surface area (TPSA) is 184 Å². The van der Waals surface area contributed by atoms with Crippen LogP contribution in [0.25, 0.3) is 6.08 Å². The fraction of sp³-hybridized carbons (Fsp3) is 0.552. The summed E-state index contributed by atoms with van der Waals surface area (Å²) >= 11 is 0. The lowest BCUT2D eigenvalue weighted by Gasteiger charge is -2.18. The summed E-state index contributed by atoms with van der Waals surface area (Å²) in [6.45, 7) is 30.3. The second kappa shape index (κ2) is 53.1. The summed E-state index contributed by atoms with van der Waals surface area (Å²) in [6.07, 6.45) is 0.472. The van der Waals surface area contributed by atoms with Gasteiger partial charge in [-0.15, -0.1) is 0 Å². The van der Waals surface area contributed by atoms with Gasteiger partial charge in [-0.1, -0.05) is 131 Å². The van der Waals surface area contributed by atoms with E-state index < -0.39 is 30.5 Å². The first-order valence-electron chi connectivity index (χ1n) is 23.8. The predicted molar refractivity (Wildman–Crippen MR) is 300 cm³/mol. The Morgan fingerprint density at radius 1 is 0.730 bits per heavy atom. The Morgan fingerprint density at radius 2 is 1.12 bits per heavy atom. The lowest BCUT2D eigenvalue weighted by Crippen LogP contribution is -2.11. The number of carboxylic acid groups (broad SMARTS) is 1. The third-order valence-electron chi connectivity index (χ3n) is 9.44. The van der Waals surface area contributed by atoms with Gasteiger partial charge in [0, 0.05) is 47.4 Å². The highest BCUT2D eigenvalue weighted by Crippen LogP contribution is 2.42. The molecule has 0 saturated heterocycles. The summed E-state index contributed by atoms with van der Waals surface area (Å²) in [5, 5.41) is 12.2. The number of hydrogen-bond donors (Lipinski definition) is 3. The first-order valence-corrected chi connectivity index (χ1v) is 23.8. The molecular formula is C58H99F3N2O11. The minimum Gasteiger partial charge on any atom is -0.494 e. The van der Waals surface area contributed by atoms with E-state index >= 15 is 0 Å². The first kappa shape index (κ1) is 84.6. The van der Waals surface area contributed by atoms with E-state index in [-0.39, 0.29) is 52.7 Å². The van der Waals surface area contributed by atoms with Crippen molar-refractivity contribution in [2.24, 2.45) is 23.7 Å². The molecule has 1 aliphatic rings. The number of carbonyl (C=O) groups excluding carboxylic acids is 5. The van der Waals surface area contributed by atoms with E-state index in [1.807, 2.05) is 27.7 Å².